The number of aliphatic hydroxyl groups excluding tert-OH is 1. The van der Waals surface area contributed by atoms with E-state index in [9.17, 15) is 10.3 Å². The summed E-state index contributed by atoms with van der Waals surface area (Å²) < 4.78 is 13.1. The highest BCUT2D eigenvalue weighted by atomic mass is 79.9. The molecule has 44 heavy (non-hydrogen) atoms. The first-order valence-electron chi connectivity index (χ1n) is 13.9. The average molecular weight is 675 g/mol. The van der Waals surface area contributed by atoms with Crippen molar-refractivity contribution in [2.75, 3.05) is 13.2 Å². The van der Waals surface area contributed by atoms with Crippen molar-refractivity contribution in [3.8, 4) is 5.75 Å². The summed E-state index contributed by atoms with van der Waals surface area (Å²) >= 11 is 9.89. The third-order valence-corrected chi connectivity index (χ3v) is 8.08. The molecular formula is C33H29BrClN5O4. The summed E-state index contributed by atoms with van der Waals surface area (Å²) in [7, 11) is 0. The van der Waals surface area contributed by atoms with Crippen molar-refractivity contribution in [3.63, 3.8) is 0 Å². The van der Waals surface area contributed by atoms with Crippen molar-refractivity contribution in [2.45, 2.75) is 31.0 Å². The molecule has 0 saturated carbocycles. The van der Waals surface area contributed by atoms with Crippen LogP contribution in [-0.4, -0.2) is 35.7 Å². The molecule has 2 atom stereocenters. The number of azide groups is 1. The fourth-order valence-electron chi connectivity index (χ4n) is 4.99. The van der Waals surface area contributed by atoms with E-state index in [2.05, 4.69) is 31.3 Å². The number of halogens is 2. The van der Waals surface area contributed by atoms with Crippen molar-refractivity contribution >= 4 is 45.0 Å². The Hall–Kier alpha value is -4.34. The summed E-state index contributed by atoms with van der Waals surface area (Å²) in [4.78, 5) is 22.5. The number of ether oxygens (including phenoxy) is 2. The van der Waals surface area contributed by atoms with Gasteiger partial charge in [-0.2, -0.15) is 0 Å². The van der Waals surface area contributed by atoms with Crippen LogP contribution in [0, 0.1) is 0 Å². The summed E-state index contributed by atoms with van der Waals surface area (Å²) in [6.45, 7) is 0.601. The molecule has 4 aromatic rings. The van der Waals surface area contributed by atoms with E-state index >= 15 is 0 Å². The monoisotopic (exact) mass is 673 g/mol. The van der Waals surface area contributed by atoms with Crippen LogP contribution in [-0.2, 0) is 22.5 Å². The van der Waals surface area contributed by atoms with Crippen LogP contribution in [0.3, 0.4) is 0 Å². The maximum atomic E-state index is 14.5. The van der Waals surface area contributed by atoms with Gasteiger partial charge in [-0.05, 0) is 59.1 Å². The Morgan fingerprint density at radius 2 is 1.80 bits per heavy atom. The van der Waals surface area contributed by atoms with Crippen LogP contribution in [0.1, 0.15) is 34.8 Å². The number of benzene rings is 4. The second-order valence-corrected chi connectivity index (χ2v) is 11.4. The lowest BCUT2D eigenvalue weighted by Crippen LogP contribution is -2.49. The van der Waals surface area contributed by atoms with Gasteiger partial charge < -0.3 is 19.9 Å². The van der Waals surface area contributed by atoms with Crippen molar-refractivity contribution in [2.24, 2.45) is 10.1 Å². The van der Waals surface area contributed by atoms with Gasteiger partial charge in [0.05, 0.1) is 6.61 Å². The Balaban J connectivity index is 1.60. The van der Waals surface area contributed by atoms with Gasteiger partial charge in [-0.3, -0.25) is 4.79 Å². The van der Waals surface area contributed by atoms with Gasteiger partial charge in [-0.25, -0.2) is 4.99 Å². The van der Waals surface area contributed by atoms with E-state index < -0.39 is 11.6 Å². The summed E-state index contributed by atoms with van der Waals surface area (Å²) in [6, 6.07) is 29.2. The summed E-state index contributed by atoms with van der Waals surface area (Å²) in [5, 5.41) is 16.5. The number of amides is 1. The number of hydrogen-bond acceptors (Lipinski definition) is 6. The predicted octanol–water partition coefficient (Wildman–Crippen LogP) is 7.62. The third-order valence-electron chi connectivity index (χ3n) is 7.19. The quantitative estimate of drug-likeness (QED) is 0.0693. The summed E-state index contributed by atoms with van der Waals surface area (Å²) in [5.41, 5.74) is 11.0. The second kappa shape index (κ2) is 14.4. The molecule has 0 radical (unpaired) electrons. The lowest BCUT2D eigenvalue weighted by atomic mass is 9.81. The number of rotatable bonds is 12. The minimum Gasteiger partial charge on any atom is -0.494 e. The molecule has 2 N–H and O–H groups in total. The molecular weight excluding hydrogens is 646 g/mol. The third kappa shape index (κ3) is 7.06. The molecule has 1 amide bonds. The van der Waals surface area contributed by atoms with E-state index in [1.165, 1.54) is 0 Å². The Bertz CT molecular complexity index is 1690. The molecule has 1 aliphatic rings. The highest BCUT2D eigenvalue weighted by Crippen LogP contribution is 2.45. The zero-order chi connectivity index (χ0) is 30.9. The highest BCUT2D eigenvalue weighted by molar-refractivity contribution is 9.10. The van der Waals surface area contributed by atoms with E-state index in [1.807, 2.05) is 42.5 Å². The Morgan fingerprint density at radius 3 is 2.52 bits per heavy atom. The standard InChI is InChI=1S/C33H29BrClN5O4/c34-25-14-10-22(11-15-25)20-33(32(42)37-21-24-6-1-3-8-28(24)35)30(27-7-2-4-9-29(27)39-40-36)44-31(38-33)23-12-16-26(17-13-23)43-19-5-18-41/h1-4,6-17,30,41H,5,18-21H2,(H,37,42)/t30-,33-/m1/s1. The molecule has 11 heteroatoms. The van der Waals surface area contributed by atoms with E-state index in [1.54, 1.807) is 54.6 Å². The molecule has 4 aromatic carbocycles. The van der Waals surface area contributed by atoms with Crippen LogP contribution in [0.15, 0.2) is 112 Å². The number of aliphatic imine (C=N–C) groups is 1. The summed E-state index contributed by atoms with van der Waals surface area (Å²) in [6.07, 6.45) is -0.226. The maximum absolute atomic E-state index is 14.5. The fraction of sp³-hybridized carbons (Fsp3) is 0.212. The normalized spacial score (nSPS) is 17.2. The molecule has 5 rings (SSSR count). The highest BCUT2D eigenvalue weighted by Gasteiger charge is 2.53. The van der Waals surface area contributed by atoms with Gasteiger partial charge in [-0.1, -0.05) is 87.2 Å². The Kier molecular flexibility index (Phi) is 10.2. The molecule has 0 aromatic heterocycles. The topological polar surface area (TPSA) is 129 Å². The molecule has 0 bridgehead atoms. The van der Waals surface area contributed by atoms with Gasteiger partial charge >= 0.3 is 0 Å². The molecule has 0 spiro atoms. The molecule has 0 saturated heterocycles. The minimum atomic E-state index is -1.48. The van der Waals surface area contributed by atoms with E-state index in [-0.39, 0.29) is 31.4 Å². The number of carbonyl (C=O) groups is 1. The lowest BCUT2D eigenvalue weighted by molar-refractivity contribution is -0.129. The molecule has 9 nitrogen and oxygen atoms in total. The first-order chi connectivity index (χ1) is 21.4. The number of nitrogens with zero attached hydrogens (tertiary/aromatic N) is 4. The zero-order valence-electron chi connectivity index (χ0n) is 23.6. The maximum Gasteiger partial charge on any atom is 0.252 e. The number of nitrogens with one attached hydrogen (secondary N) is 1. The molecule has 224 valence electrons. The summed E-state index contributed by atoms with van der Waals surface area (Å²) in [5.74, 6) is 0.516. The van der Waals surface area contributed by atoms with E-state index in [0.717, 1.165) is 15.6 Å². The largest absolute Gasteiger partial charge is 0.494 e. The van der Waals surface area contributed by atoms with Gasteiger partial charge in [0.2, 0.25) is 5.90 Å². The number of aliphatic hydroxyl groups is 1. The van der Waals surface area contributed by atoms with Crippen LogP contribution in [0.25, 0.3) is 10.4 Å². The first-order valence-corrected chi connectivity index (χ1v) is 15.1. The number of carbonyl (C=O) groups excluding carboxylic acids is 1. The van der Waals surface area contributed by atoms with Crippen LogP contribution < -0.4 is 10.1 Å². The smallest absolute Gasteiger partial charge is 0.252 e. The van der Waals surface area contributed by atoms with Crippen molar-refractivity contribution in [3.05, 3.63) is 139 Å². The van der Waals surface area contributed by atoms with Crippen LogP contribution in [0.5, 0.6) is 5.75 Å². The molecule has 1 aliphatic heterocycles. The second-order valence-electron chi connectivity index (χ2n) is 10.1. The minimum absolute atomic E-state index is 0.0421. The first kappa shape index (κ1) is 31.1. The average Bonchev–Trinajstić information content (AvgIpc) is 3.42. The molecule has 0 fully saturated rings. The van der Waals surface area contributed by atoms with Crippen LogP contribution in [0.4, 0.5) is 5.69 Å². The van der Waals surface area contributed by atoms with Crippen LogP contribution in [0.2, 0.25) is 5.02 Å². The Labute approximate surface area is 268 Å². The molecule has 1 heterocycles. The Morgan fingerprint density at radius 1 is 1.07 bits per heavy atom. The predicted molar refractivity (Wildman–Crippen MR) is 173 cm³/mol. The van der Waals surface area contributed by atoms with E-state index in [4.69, 9.17) is 31.2 Å². The van der Waals surface area contributed by atoms with E-state index in [0.29, 0.717) is 40.6 Å². The lowest BCUT2D eigenvalue weighted by Gasteiger charge is -2.31. The van der Waals surface area contributed by atoms with Crippen molar-refractivity contribution in [1.82, 2.24) is 5.32 Å². The molecule has 0 aliphatic carbocycles. The van der Waals surface area contributed by atoms with Gasteiger partial charge in [0.25, 0.3) is 5.91 Å². The molecule has 0 unspecified atom stereocenters. The van der Waals surface area contributed by atoms with Crippen molar-refractivity contribution < 1.29 is 19.4 Å². The number of hydrogen-bond donors (Lipinski definition) is 2. The SMILES string of the molecule is [N-]=[N+]=Nc1ccccc1[C@H]1OC(c2ccc(OCCCO)cc2)=N[C@@]1(Cc1ccc(Br)cc1)C(=O)NCc1ccccc1Cl. The van der Waals surface area contributed by atoms with Crippen LogP contribution >= 0.6 is 27.5 Å². The van der Waals surface area contributed by atoms with Gasteiger partial charge in [0.1, 0.15) is 5.75 Å². The zero-order valence-corrected chi connectivity index (χ0v) is 25.9. The van der Waals surface area contributed by atoms with Gasteiger partial charge in [0.15, 0.2) is 11.6 Å². The van der Waals surface area contributed by atoms with Crippen molar-refractivity contribution in [1.29, 1.82) is 0 Å². The van der Waals surface area contributed by atoms with Gasteiger partial charge in [-0.15, -0.1) is 0 Å². The fourth-order valence-corrected chi connectivity index (χ4v) is 5.46. The van der Waals surface area contributed by atoms with Gasteiger partial charge in [0, 0.05) is 57.2 Å².